The van der Waals surface area contributed by atoms with Crippen LogP contribution in [-0.2, 0) is 17.5 Å². The second kappa shape index (κ2) is 12.9. The summed E-state index contributed by atoms with van der Waals surface area (Å²) in [6.07, 6.45) is 0.108. The molecule has 1 aliphatic carbocycles. The molecule has 2 amide bonds. The number of hydrogen-bond donors (Lipinski definition) is 2. The zero-order valence-electron chi connectivity index (χ0n) is 26.4. The lowest BCUT2D eigenvalue weighted by atomic mass is 9.67. The fourth-order valence-corrected chi connectivity index (χ4v) is 6.72. The highest BCUT2D eigenvalue weighted by molar-refractivity contribution is 6.46. The van der Waals surface area contributed by atoms with Crippen LogP contribution in [0.4, 0.5) is 17.6 Å². The first-order valence-corrected chi connectivity index (χ1v) is 15.7. The topological polar surface area (TPSA) is 116 Å². The zero-order valence-corrected chi connectivity index (χ0v) is 26.4. The van der Waals surface area contributed by atoms with Crippen LogP contribution >= 0.6 is 0 Å². The molecule has 46 heavy (non-hydrogen) atoms. The standard InChI is InChI=1S/C33H39F4N7O2/c1-5-7-26(20-8-10-21(11-9-20)29(45)38-19-27-40-42-43-41-27)44-30(46)28(22-16-24(33(35,36)37)18-25(34)17-22)39-32(44)14-12-23(13-15-32)31(3,4)6-2/h8-11,16-18,23,26H,5-7,12-15,19H2,1-4H3,(H,38,45)(H,40,41,42,43). The molecule has 1 atom stereocenters. The molecular formula is C33H39F4N7O2. The molecule has 0 radical (unpaired) electrons. The lowest BCUT2D eigenvalue weighted by Gasteiger charge is -2.48. The molecule has 246 valence electrons. The monoisotopic (exact) mass is 641 g/mol. The van der Waals surface area contributed by atoms with E-state index in [0.29, 0.717) is 49.1 Å². The summed E-state index contributed by atoms with van der Waals surface area (Å²) >= 11 is 0. The van der Waals surface area contributed by atoms with E-state index in [2.05, 4.69) is 46.7 Å². The van der Waals surface area contributed by atoms with Gasteiger partial charge in [-0.2, -0.15) is 18.4 Å². The van der Waals surface area contributed by atoms with Crippen LogP contribution in [0.15, 0.2) is 47.5 Å². The number of nitrogens with zero attached hydrogens (tertiary/aromatic N) is 5. The fraction of sp³-hybridized carbons (Fsp3) is 0.515. The molecule has 9 nitrogen and oxygen atoms in total. The van der Waals surface area contributed by atoms with Gasteiger partial charge >= 0.3 is 6.18 Å². The minimum atomic E-state index is -4.79. The number of amides is 2. The normalized spacial score (nSPS) is 21.0. The van der Waals surface area contributed by atoms with Gasteiger partial charge in [-0.05, 0) is 79.3 Å². The van der Waals surface area contributed by atoms with Crippen molar-refractivity contribution in [3.63, 3.8) is 0 Å². The van der Waals surface area contributed by atoms with Gasteiger partial charge in [0.15, 0.2) is 5.82 Å². The van der Waals surface area contributed by atoms with Crippen LogP contribution in [0.3, 0.4) is 0 Å². The van der Waals surface area contributed by atoms with Gasteiger partial charge < -0.3 is 10.2 Å². The molecule has 0 bridgehead atoms. The molecule has 2 aromatic carbocycles. The Morgan fingerprint density at radius 1 is 1.11 bits per heavy atom. The van der Waals surface area contributed by atoms with Gasteiger partial charge in [0, 0.05) is 11.1 Å². The van der Waals surface area contributed by atoms with Crippen molar-refractivity contribution in [2.75, 3.05) is 0 Å². The van der Waals surface area contributed by atoms with Crippen molar-refractivity contribution in [1.82, 2.24) is 30.8 Å². The second-order valence-corrected chi connectivity index (χ2v) is 12.9. The summed E-state index contributed by atoms with van der Waals surface area (Å²) in [5.74, 6) is -1.22. The van der Waals surface area contributed by atoms with Gasteiger partial charge in [0.1, 0.15) is 17.2 Å². The molecule has 2 N–H and O–H groups in total. The van der Waals surface area contributed by atoms with E-state index in [-0.39, 0.29) is 29.1 Å². The molecule has 1 aromatic heterocycles. The molecule has 3 aromatic rings. The van der Waals surface area contributed by atoms with Crippen LogP contribution in [0.5, 0.6) is 0 Å². The highest BCUT2D eigenvalue weighted by Crippen LogP contribution is 2.50. The average molecular weight is 642 g/mol. The quantitative estimate of drug-likeness (QED) is 0.237. The summed E-state index contributed by atoms with van der Waals surface area (Å²) < 4.78 is 55.5. The van der Waals surface area contributed by atoms with Crippen LogP contribution in [0.1, 0.15) is 112 Å². The first kappa shape index (κ1) is 33.2. The Hall–Kier alpha value is -4.16. The first-order chi connectivity index (χ1) is 21.8. The highest BCUT2D eigenvalue weighted by Gasteiger charge is 2.53. The number of halogens is 4. The molecule has 2 heterocycles. The maximum absolute atomic E-state index is 14.5. The number of carbonyl (C=O) groups is 2. The highest BCUT2D eigenvalue weighted by atomic mass is 19.4. The molecule has 0 saturated heterocycles. The van der Waals surface area contributed by atoms with E-state index in [4.69, 9.17) is 4.99 Å². The molecule has 1 fully saturated rings. The number of hydrogen-bond acceptors (Lipinski definition) is 6. The molecule has 1 unspecified atom stereocenters. The van der Waals surface area contributed by atoms with E-state index >= 15 is 0 Å². The van der Waals surface area contributed by atoms with Crippen molar-refractivity contribution in [2.24, 2.45) is 16.3 Å². The number of aromatic nitrogens is 4. The zero-order chi connectivity index (χ0) is 33.3. The van der Waals surface area contributed by atoms with Crippen LogP contribution in [-0.4, -0.2) is 48.7 Å². The first-order valence-electron chi connectivity index (χ1n) is 15.7. The fourth-order valence-electron chi connectivity index (χ4n) is 6.72. The van der Waals surface area contributed by atoms with Crippen molar-refractivity contribution >= 4 is 17.5 Å². The number of alkyl halides is 3. The number of benzene rings is 2. The van der Waals surface area contributed by atoms with Gasteiger partial charge in [-0.3, -0.25) is 14.6 Å². The van der Waals surface area contributed by atoms with Gasteiger partial charge in [-0.25, -0.2) is 4.39 Å². The summed E-state index contributed by atoms with van der Waals surface area (Å²) in [5, 5.41) is 16.2. The third-order valence-electron chi connectivity index (χ3n) is 9.72. The molecule has 1 spiro atoms. The third-order valence-corrected chi connectivity index (χ3v) is 9.72. The van der Waals surface area contributed by atoms with E-state index in [1.54, 1.807) is 29.2 Å². The minimum Gasteiger partial charge on any atom is -0.345 e. The lowest BCUT2D eigenvalue weighted by Crippen LogP contribution is -2.51. The van der Waals surface area contributed by atoms with Gasteiger partial charge in [0.2, 0.25) is 0 Å². The van der Waals surface area contributed by atoms with E-state index in [9.17, 15) is 27.2 Å². The average Bonchev–Trinajstić information content (AvgIpc) is 3.64. The third kappa shape index (κ3) is 6.68. The lowest BCUT2D eigenvalue weighted by molar-refractivity contribution is -0.138. The maximum atomic E-state index is 14.5. The molecule has 5 rings (SSSR count). The number of aromatic amines is 1. The Morgan fingerprint density at radius 3 is 2.39 bits per heavy atom. The Balaban J connectivity index is 1.50. The number of nitrogens with one attached hydrogen (secondary N) is 2. The molecule has 1 saturated carbocycles. The Kier molecular flexibility index (Phi) is 9.33. The number of rotatable bonds is 10. The number of aliphatic imine (C=N–C) groups is 1. The molecule has 1 aliphatic heterocycles. The van der Waals surface area contributed by atoms with E-state index < -0.39 is 35.2 Å². The number of tetrazole rings is 1. The molecule has 2 aliphatic rings. The van der Waals surface area contributed by atoms with E-state index in [1.807, 2.05) is 6.92 Å². The SMILES string of the molecule is CCCC(c1ccc(C(=O)NCc2nn[nH]n2)cc1)N1C(=O)C(c2cc(F)cc(C(F)(F)F)c2)=NC12CCC(C(C)(C)CC)CC2. The van der Waals surface area contributed by atoms with Crippen molar-refractivity contribution in [2.45, 2.75) is 97.1 Å². The Labute approximate surface area is 265 Å². The van der Waals surface area contributed by atoms with Crippen LogP contribution in [0.2, 0.25) is 0 Å². The van der Waals surface area contributed by atoms with Crippen LogP contribution in [0, 0.1) is 17.2 Å². The predicted molar refractivity (Wildman–Crippen MR) is 163 cm³/mol. The smallest absolute Gasteiger partial charge is 0.345 e. The molecule has 13 heteroatoms. The Bertz CT molecular complexity index is 1580. The van der Waals surface area contributed by atoms with Crippen molar-refractivity contribution in [3.05, 3.63) is 76.4 Å². The minimum absolute atomic E-state index is 0.0781. The van der Waals surface area contributed by atoms with Crippen LogP contribution < -0.4 is 5.32 Å². The summed E-state index contributed by atoms with van der Waals surface area (Å²) in [6.45, 7) is 8.69. The summed E-state index contributed by atoms with van der Waals surface area (Å²) in [7, 11) is 0. The summed E-state index contributed by atoms with van der Waals surface area (Å²) in [5.41, 5.74) is -1.25. The number of H-pyrrole nitrogens is 1. The maximum Gasteiger partial charge on any atom is 0.416 e. The van der Waals surface area contributed by atoms with E-state index in [1.165, 1.54) is 0 Å². The van der Waals surface area contributed by atoms with Gasteiger partial charge in [-0.15, -0.1) is 10.2 Å². The van der Waals surface area contributed by atoms with Gasteiger partial charge in [-0.1, -0.05) is 57.9 Å². The summed E-state index contributed by atoms with van der Waals surface area (Å²) in [4.78, 5) is 33.8. The summed E-state index contributed by atoms with van der Waals surface area (Å²) in [6, 6.07) is 8.63. The Morgan fingerprint density at radius 2 is 1.80 bits per heavy atom. The van der Waals surface area contributed by atoms with Crippen molar-refractivity contribution in [3.8, 4) is 0 Å². The van der Waals surface area contributed by atoms with Crippen molar-refractivity contribution in [1.29, 1.82) is 0 Å². The second-order valence-electron chi connectivity index (χ2n) is 12.9. The van der Waals surface area contributed by atoms with Gasteiger partial charge in [0.25, 0.3) is 11.8 Å². The van der Waals surface area contributed by atoms with Crippen molar-refractivity contribution < 1.29 is 27.2 Å². The number of carbonyl (C=O) groups excluding carboxylic acids is 2. The largest absolute Gasteiger partial charge is 0.416 e. The molecular weight excluding hydrogens is 602 g/mol. The van der Waals surface area contributed by atoms with Gasteiger partial charge in [0.05, 0.1) is 18.2 Å². The van der Waals surface area contributed by atoms with E-state index in [0.717, 1.165) is 37.0 Å². The predicted octanol–water partition coefficient (Wildman–Crippen LogP) is 6.78. The van der Waals surface area contributed by atoms with Crippen LogP contribution in [0.25, 0.3) is 0 Å².